The Morgan fingerprint density at radius 2 is 1.67 bits per heavy atom. The zero-order valence-corrected chi connectivity index (χ0v) is 13.8. The molecule has 0 fully saturated rings. The molecule has 0 spiro atoms. The molecule has 1 amide bonds. The number of rotatable bonds is 4. The fourth-order valence-electron chi connectivity index (χ4n) is 2.37. The predicted octanol–water partition coefficient (Wildman–Crippen LogP) is 4.88. The summed E-state index contributed by atoms with van der Waals surface area (Å²) in [5, 5.41) is 2.54. The van der Waals surface area contributed by atoms with Crippen LogP contribution in [0.2, 0.25) is 0 Å². The molecule has 0 saturated carbocycles. The van der Waals surface area contributed by atoms with Crippen molar-refractivity contribution < 1.29 is 22.4 Å². The molecular weight excluding hydrogens is 362 g/mol. The van der Waals surface area contributed by atoms with Gasteiger partial charge in [-0.25, -0.2) is 9.37 Å². The Kier molecular flexibility index (Phi) is 5.16. The number of nitrogens with zero attached hydrogens (tertiary/aromatic N) is 2. The van der Waals surface area contributed by atoms with Crippen LogP contribution in [0.3, 0.4) is 0 Å². The Morgan fingerprint density at radius 3 is 2.33 bits per heavy atom. The summed E-state index contributed by atoms with van der Waals surface area (Å²) in [6.07, 6.45) is -1.99. The third-order valence-corrected chi connectivity index (χ3v) is 3.75. The number of anilines is 1. The predicted molar refractivity (Wildman–Crippen MR) is 91.7 cm³/mol. The van der Waals surface area contributed by atoms with Crippen LogP contribution in [-0.2, 0) is 12.9 Å². The zero-order chi connectivity index (χ0) is 19.4. The van der Waals surface area contributed by atoms with Gasteiger partial charge in [-0.2, -0.15) is 13.2 Å². The number of hydrogen-bond donors (Lipinski definition) is 1. The Labute approximate surface area is 151 Å². The number of carbonyl (C=O) groups excluding carboxylic acids is 1. The summed E-state index contributed by atoms with van der Waals surface area (Å²) in [6, 6.07) is 10.7. The Bertz CT molecular complexity index is 956. The summed E-state index contributed by atoms with van der Waals surface area (Å²) in [7, 11) is 0. The van der Waals surface area contributed by atoms with Crippen LogP contribution in [0.25, 0.3) is 11.3 Å². The van der Waals surface area contributed by atoms with Crippen LogP contribution in [0.5, 0.6) is 0 Å². The quantitative estimate of drug-likeness (QED) is 0.661. The average molecular weight is 375 g/mol. The molecule has 2 heterocycles. The van der Waals surface area contributed by atoms with Crippen LogP contribution in [0.4, 0.5) is 23.4 Å². The Hall–Kier alpha value is -3.29. The van der Waals surface area contributed by atoms with Crippen molar-refractivity contribution in [3.63, 3.8) is 0 Å². The minimum atomic E-state index is -4.46. The summed E-state index contributed by atoms with van der Waals surface area (Å²) in [5.74, 6) is -0.263. The normalized spacial score (nSPS) is 11.3. The topological polar surface area (TPSA) is 54.9 Å². The zero-order valence-electron chi connectivity index (χ0n) is 13.8. The lowest BCUT2D eigenvalue weighted by Gasteiger charge is -2.09. The van der Waals surface area contributed by atoms with Crippen molar-refractivity contribution in [2.75, 3.05) is 5.32 Å². The van der Waals surface area contributed by atoms with Gasteiger partial charge in [-0.15, -0.1) is 0 Å². The summed E-state index contributed by atoms with van der Waals surface area (Å²) >= 11 is 0. The molecule has 0 bridgehead atoms. The number of pyridine rings is 2. The molecule has 0 saturated heterocycles. The van der Waals surface area contributed by atoms with E-state index in [9.17, 15) is 22.4 Å². The average Bonchev–Trinajstić information content (AvgIpc) is 2.67. The van der Waals surface area contributed by atoms with Crippen molar-refractivity contribution in [1.82, 2.24) is 9.97 Å². The van der Waals surface area contributed by atoms with Gasteiger partial charge >= 0.3 is 6.18 Å². The number of halogens is 4. The maximum absolute atomic E-state index is 12.8. The van der Waals surface area contributed by atoms with Crippen LogP contribution >= 0.6 is 0 Å². The van der Waals surface area contributed by atoms with Crippen molar-refractivity contribution in [3.05, 3.63) is 77.6 Å². The smallest absolute Gasteiger partial charge is 0.307 e. The first-order chi connectivity index (χ1) is 12.9. The summed E-state index contributed by atoms with van der Waals surface area (Å²) < 4.78 is 51.1. The molecule has 8 heteroatoms. The standard InChI is InChI=1S/C19H13F4N3O/c20-11-12-5-7-25-17(9-12)26-18(27)14-3-1-13(2-4-14)16-10-15(6-8-24-16)19(21,22)23/h1-10H,11H2,(H,25,26,27). The van der Waals surface area contributed by atoms with E-state index in [1.165, 1.54) is 42.6 Å². The molecule has 0 unspecified atom stereocenters. The van der Waals surface area contributed by atoms with Gasteiger partial charge in [0.1, 0.15) is 12.5 Å². The number of hydrogen-bond acceptors (Lipinski definition) is 3. The largest absolute Gasteiger partial charge is 0.416 e. The highest BCUT2D eigenvalue weighted by Gasteiger charge is 2.30. The van der Waals surface area contributed by atoms with Gasteiger partial charge in [0.2, 0.25) is 0 Å². The van der Waals surface area contributed by atoms with E-state index in [1.807, 2.05) is 0 Å². The highest BCUT2D eigenvalue weighted by atomic mass is 19.4. The van der Waals surface area contributed by atoms with Gasteiger partial charge in [0, 0.05) is 23.5 Å². The summed E-state index contributed by atoms with van der Waals surface area (Å²) in [6.45, 7) is -0.677. The third kappa shape index (κ3) is 4.46. The molecule has 3 aromatic rings. The third-order valence-electron chi connectivity index (χ3n) is 3.75. The fraction of sp³-hybridized carbons (Fsp3) is 0.105. The molecule has 0 radical (unpaired) electrons. The monoisotopic (exact) mass is 375 g/mol. The molecule has 1 N–H and O–H groups in total. The molecule has 2 aromatic heterocycles. The number of nitrogens with one attached hydrogen (secondary N) is 1. The lowest BCUT2D eigenvalue weighted by Crippen LogP contribution is -2.13. The van der Waals surface area contributed by atoms with E-state index in [1.54, 1.807) is 0 Å². The molecular formula is C19H13F4N3O. The first-order valence-corrected chi connectivity index (χ1v) is 7.83. The van der Waals surface area contributed by atoms with Crippen LogP contribution in [0.1, 0.15) is 21.5 Å². The molecule has 4 nitrogen and oxygen atoms in total. The maximum atomic E-state index is 12.8. The molecule has 0 aliphatic carbocycles. The van der Waals surface area contributed by atoms with Gasteiger partial charge < -0.3 is 5.32 Å². The van der Waals surface area contributed by atoms with E-state index in [-0.39, 0.29) is 17.1 Å². The summed E-state index contributed by atoms with van der Waals surface area (Å²) in [4.78, 5) is 20.1. The number of alkyl halides is 4. The molecule has 1 aromatic carbocycles. The minimum absolute atomic E-state index is 0.147. The second-order valence-corrected chi connectivity index (χ2v) is 5.64. The molecule has 0 aliphatic heterocycles. The highest BCUT2D eigenvalue weighted by Crippen LogP contribution is 2.31. The SMILES string of the molecule is O=C(Nc1cc(CF)ccn1)c1ccc(-c2cc(C(F)(F)F)ccn2)cc1. The van der Waals surface area contributed by atoms with E-state index in [0.29, 0.717) is 11.1 Å². The number of amides is 1. The first-order valence-electron chi connectivity index (χ1n) is 7.83. The second-order valence-electron chi connectivity index (χ2n) is 5.64. The van der Waals surface area contributed by atoms with Gasteiger partial charge in [-0.05, 0) is 42.0 Å². The van der Waals surface area contributed by atoms with E-state index in [0.717, 1.165) is 18.3 Å². The second kappa shape index (κ2) is 7.53. The van der Waals surface area contributed by atoms with E-state index >= 15 is 0 Å². The van der Waals surface area contributed by atoms with Crippen molar-refractivity contribution >= 4 is 11.7 Å². The van der Waals surface area contributed by atoms with Crippen LogP contribution in [0.15, 0.2) is 60.9 Å². The van der Waals surface area contributed by atoms with Gasteiger partial charge in [0.05, 0.1) is 11.3 Å². The molecule has 0 aliphatic rings. The van der Waals surface area contributed by atoms with E-state index in [4.69, 9.17) is 0 Å². The summed E-state index contributed by atoms with van der Waals surface area (Å²) in [5.41, 5.74) is 0.446. The van der Waals surface area contributed by atoms with Gasteiger partial charge in [0.25, 0.3) is 5.91 Å². The Balaban J connectivity index is 1.78. The van der Waals surface area contributed by atoms with Crippen molar-refractivity contribution in [2.24, 2.45) is 0 Å². The lowest BCUT2D eigenvalue weighted by molar-refractivity contribution is -0.137. The van der Waals surface area contributed by atoms with Crippen molar-refractivity contribution in [2.45, 2.75) is 12.9 Å². The Morgan fingerprint density at radius 1 is 0.963 bits per heavy atom. The van der Waals surface area contributed by atoms with Crippen molar-refractivity contribution in [3.8, 4) is 11.3 Å². The minimum Gasteiger partial charge on any atom is -0.307 e. The van der Waals surface area contributed by atoms with E-state index in [2.05, 4.69) is 15.3 Å². The van der Waals surface area contributed by atoms with E-state index < -0.39 is 24.3 Å². The van der Waals surface area contributed by atoms with Gasteiger partial charge in [0.15, 0.2) is 0 Å². The molecule has 3 rings (SSSR count). The van der Waals surface area contributed by atoms with Crippen LogP contribution in [-0.4, -0.2) is 15.9 Å². The molecule has 0 atom stereocenters. The maximum Gasteiger partial charge on any atom is 0.416 e. The first kappa shape index (κ1) is 18.5. The van der Waals surface area contributed by atoms with Gasteiger partial charge in [-0.3, -0.25) is 9.78 Å². The molecule has 27 heavy (non-hydrogen) atoms. The fourth-order valence-corrected chi connectivity index (χ4v) is 2.37. The molecule has 138 valence electrons. The number of aromatic nitrogens is 2. The van der Waals surface area contributed by atoms with Crippen LogP contribution in [0, 0.1) is 0 Å². The van der Waals surface area contributed by atoms with Gasteiger partial charge in [-0.1, -0.05) is 12.1 Å². The van der Waals surface area contributed by atoms with Crippen molar-refractivity contribution in [1.29, 1.82) is 0 Å². The number of carbonyl (C=O) groups is 1. The lowest BCUT2D eigenvalue weighted by atomic mass is 10.1. The highest BCUT2D eigenvalue weighted by molar-refractivity contribution is 6.04. The van der Waals surface area contributed by atoms with Crippen LogP contribution < -0.4 is 5.32 Å². The number of benzene rings is 1.